The van der Waals surface area contributed by atoms with Crippen molar-refractivity contribution in [2.75, 3.05) is 19.7 Å². The van der Waals surface area contributed by atoms with Gasteiger partial charge in [0.25, 0.3) is 0 Å². The summed E-state index contributed by atoms with van der Waals surface area (Å²) in [6.07, 6.45) is 5.06. The van der Waals surface area contributed by atoms with Gasteiger partial charge in [-0.1, -0.05) is 13.8 Å². The van der Waals surface area contributed by atoms with Crippen molar-refractivity contribution >= 4 is 5.91 Å². The Kier molecular flexibility index (Phi) is 4.91. The lowest BCUT2D eigenvalue weighted by molar-refractivity contribution is -0.140. The first kappa shape index (κ1) is 14.0. The molecule has 0 spiro atoms. The van der Waals surface area contributed by atoms with Crippen LogP contribution in [0.15, 0.2) is 24.5 Å². The van der Waals surface area contributed by atoms with E-state index >= 15 is 0 Å². The number of amides is 1. The number of hydrogen-bond donors (Lipinski definition) is 0. The van der Waals surface area contributed by atoms with Crippen molar-refractivity contribution in [3.63, 3.8) is 0 Å². The molecule has 1 saturated heterocycles. The van der Waals surface area contributed by atoms with Crippen LogP contribution in [-0.4, -0.2) is 41.6 Å². The van der Waals surface area contributed by atoms with E-state index in [1.54, 1.807) is 12.4 Å². The summed E-state index contributed by atoms with van der Waals surface area (Å²) in [6.45, 7) is 6.38. The van der Waals surface area contributed by atoms with Crippen molar-refractivity contribution in [3.05, 3.63) is 30.1 Å². The number of carbonyl (C=O) groups excluding carboxylic acids is 1. The Morgan fingerprint density at radius 1 is 1.47 bits per heavy atom. The zero-order valence-corrected chi connectivity index (χ0v) is 11.7. The molecule has 2 rings (SSSR count). The fourth-order valence-corrected chi connectivity index (χ4v) is 2.26. The molecule has 1 aromatic heterocycles. The summed E-state index contributed by atoms with van der Waals surface area (Å²) in [5.74, 6) is 0.682. The van der Waals surface area contributed by atoms with Crippen LogP contribution >= 0.6 is 0 Å². The molecule has 1 aromatic rings. The van der Waals surface area contributed by atoms with E-state index in [0.29, 0.717) is 18.9 Å². The van der Waals surface area contributed by atoms with Crippen molar-refractivity contribution in [1.29, 1.82) is 0 Å². The lowest BCUT2D eigenvalue weighted by atomic mass is 10.0. The molecule has 4 nitrogen and oxygen atoms in total. The zero-order chi connectivity index (χ0) is 13.7. The molecule has 4 heteroatoms. The zero-order valence-electron chi connectivity index (χ0n) is 11.7. The lowest BCUT2D eigenvalue weighted by Crippen LogP contribution is -2.47. The first-order chi connectivity index (χ1) is 9.16. The Labute approximate surface area is 114 Å². The highest BCUT2D eigenvalue weighted by atomic mass is 16.5. The number of hydrogen-bond acceptors (Lipinski definition) is 3. The maximum Gasteiger partial charge on any atom is 0.223 e. The average Bonchev–Trinajstić information content (AvgIpc) is 2.46. The van der Waals surface area contributed by atoms with Gasteiger partial charge in [0, 0.05) is 31.9 Å². The minimum Gasteiger partial charge on any atom is -0.374 e. The number of rotatable bonds is 4. The number of ether oxygens (including phenoxy) is 1. The van der Waals surface area contributed by atoms with Crippen LogP contribution in [-0.2, 0) is 16.0 Å². The Hall–Kier alpha value is -1.42. The van der Waals surface area contributed by atoms with Crippen molar-refractivity contribution < 1.29 is 9.53 Å². The van der Waals surface area contributed by atoms with Gasteiger partial charge in [-0.05, 0) is 30.0 Å². The molecule has 19 heavy (non-hydrogen) atoms. The fourth-order valence-electron chi connectivity index (χ4n) is 2.26. The second kappa shape index (κ2) is 6.66. The summed E-state index contributed by atoms with van der Waals surface area (Å²) in [7, 11) is 0. The molecule has 0 saturated carbocycles. The highest BCUT2D eigenvalue weighted by Gasteiger charge is 2.25. The largest absolute Gasteiger partial charge is 0.374 e. The van der Waals surface area contributed by atoms with Crippen LogP contribution in [0.4, 0.5) is 0 Å². The first-order valence-electron chi connectivity index (χ1n) is 6.95. The summed E-state index contributed by atoms with van der Waals surface area (Å²) in [5.41, 5.74) is 1.16. The molecule has 1 aliphatic heterocycles. The summed E-state index contributed by atoms with van der Waals surface area (Å²) < 4.78 is 5.68. The maximum atomic E-state index is 12.2. The van der Waals surface area contributed by atoms with E-state index in [1.165, 1.54) is 0 Å². The molecule has 0 aromatic carbocycles. The van der Waals surface area contributed by atoms with E-state index in [0.717, 1.165) is 25.1 Å². The highest BCUT2D eigenvalue weighted by Crippen LogP contribution is 2.14. The van der Waals surface area contributed by atoms with Gasteiger partial charge in [-0.25, -0.2) is 0 Å². The molecule has 1 atom stereocenters. The van der Waals surface area contributed by atoms with Gasteiger partial charge >= 0.3 is 0 Å². The minimum atomic E-state index is 0.179. The van der Waals surface area contributed by atoms with E-state index in [2.05, 4.69) is 18.8 Å². The molecule has 2 heterocycles. The summed E-state index contributed by atoms with van der Waals surface area (Å²) >= 11 is 0. The molecule has 1 aliphatic rings. The molecule has 1 unspecified atom stereocenters. The van der Waals surface area contributed by atoms with E-state index in [-0.39, 0.29) is 12.0 Å². The van der Waals surface area contributed by atoms with E-state index in [1.807, 2.05) is 17.0 Å². The minimum absolute atomic E-state index is 0.179. The van der Waals surface area contributed by atoms with Crippen LogP contribution in [0, 0.1) is 5.92 Å². The Morgan fingerprint density at radius 3 is 2.89 bits per heavy atom. The normalized spacial score (nSPS) is 19.7. The molecule has 1 fully saturated rings. The number of aromatic nitrogens is 1. The second-order valence-corrected chi connectivity index (χ2v) is 5.35. The third-order valence-electron chi connectivity index (χ3n) is 3.57. The first-order valence-corrected chi connectivity index (χ1v) is 6.95. The molecular formula is C15H22N2O2. The van der Waals surface area contributed by atoms with Crippen molar-refractivity contribution in [1.82, 2.24) is 9.88 Å². The van der Waals surface area contributed by atoms with Crippen molar-refractivity contribution in [2.45, 2.75) is 32.8 Å². The van der Waals surface area contributed by atoms with E-state index in [9.17, 15) is 4.79 Å². The summed E-state index contributed by atoms with van der Waals surface area (Å²) in [6, 6.07) is 3.92. The second-order valence-electron chi connectivity index (χ2n) is 5.35. The smallest absolute Gasteiger partial charge is 0.223 e. The molecule has 0 radical (unpaired) electrons. The maximum absolute atomic E-state index is 12.2. The Bertz CT molecular complexity index is 406. The number of nitrogens with zero attached hydrogens (tertiary/aromatic N) is 2. The van der Waals surface area contributed by atoms with Crippen LogP contribution in [0.1, 0.15) is 25.8 Å². The SMILES string of the molecule is CC(C)C1CN(C(=O)CCc2ccncc2)CCO1. The quantitative estimate of drug-likeness (QED) is 0.832. The Morgan fingerprint density at radius 2 is 2.21 bits per heavy atom. The predicted octanol–water partition coefficient (Wildman–Crippen LogP) is 1.90. The molecule has 0 N–H and O–H groups in total. The third-order valence-corrected chi connectivity index (χ3v) is 3.57. The molecule has 0 aliphatic carbocycles. The number of morpholine rings is 1. The summed E-state index contributed by atoms with van der Waals surface area (Å²) in [5, 5.41) is 0. The molecule has 104 valence electrons. The molecular weight excluding hydrogens is 240 g/mol. The van der Waals surface area contributed by atoms with Crippen molar-refractivity contribution in [2.24, 2.45) is 5.92 Å². The van der Waals surface area contributed by atoms with Gasteiger partial charge in [-0.15, -0.1) is 0 Å². The van der Waals surface area contributed by atoms with Gasteiger partial charge in [0.05, 0.1) is 12.7 Å². The lowest BCUT2D eigenvalue weighted by Gasteiger charge is -2.35. The van der Waals surface area contributed by atoms with E-state index in [4.69, 9.17) is 4.74 Å². The third kappa shape index (κ3) is 4.03. The van der Waals surface area contributed by atoms with Gasteiger partial charge in [0.1, 0.15) is 0 Å². The van der Waals surface area contributed by atoms with E-state index < -0.39 is 0 Å². The average molecular weight is 262 g/mol. The standard InChI is InChI=1S/C15H22N2O2/c1-12(2)14-11-17(9-10-19-14)15(18)4-3-13-5-7-16-8-6-13/h5-8,12,14H,3-4,9-11H2,1-2H3. The number of aryl methyl sites for hydroxylation is 1. The van der Waals surface area contributed by atoms with Crippen LogP contribution in [0.3, 0.4) is 0 Å². The number of carbonyl (C=O) groups is 1. The molecule has 0 bridgehead atoms. The van der Waals surface area contributed by atoms with Gasteiger partial charge in [0.2, 0.25) is 5.91 Å². The Balaban J connectivity index is 1.83. The monoisotopic (exact) mass is 262 g/mol. The molecule has 1 amide bonds. The van der Waals surface area contributed by atoms with Crippen molar-refractivity contribution in [3.8, 4) is 0 Å². The van der Waals surface area contributed by atoms with Gasteiger partial charge < -0.3 is 9.64 Å². The van der Waals surface area contributed by atoms with Gasteiger partial charge in [-0.3, -0.25) is 9.78 Å². The van der Waals surface area contributed by atoms with Gasteiger partial charge in [0.15, 0.2) is 0 Å². The topological polar surface area (TPSA) is 42.4 Å². The van der Waals surface area contributed by atoms with Crippen LogP contribution < -0.4 is 0 Å². The summed E-state index contributed by atoms with van der Waals surface area (Å²) in [4.78, 5) is 18.1. The fraction of sp³-hybridized carbons (Fsp3) is 0.600. The number of pyridine rings is 1. The van der Waals surface area contributed by atoms with Crippen LogP contribution in [0.2, 0.25) is 0 Å². The van der Waals surface area contributed by atoms with Gasteiger partial charge in [-0.2, -0.15) is 0 Å². The van der Waals surface area contributed by atoms with Crippen LogP contribution in [0.25, 0.3) is 0 Å². The highest BCUT2D eigenvalue weighted by molar-refractivity contribution is 5.76. The predicted molar refractivity (Wildman–Crippen MR) is 73.7 cm³/mol. The van der Waals surface area contributed by atoms with Crippen LogP contribution in [0.5, 0.6) is 0 Å².